The van der Waals surface area contributed by atoms with Gasteiger partial charge in [-0.15, -0.1) is 0 Å². The molecule has 29 heavy (non-hydrogen) atoms. The number of anilines is 2. The van der Waals surface area contributed by atoms with Gasteiger partial charge in [-0.25, -0.2) is 4.98 Å². The van der Waals surface area contributed by atoms with Crippen LogP contribution in [-0.4, -0.2) is 52.4 Å². The average molecular weight is 391 g/mol. The van der Waals surface area contributed by atoms with E-state index in [4.69, 9.17) is 9.52 Å². The Kier molecular flexibility index (Phi) is 4.40. The zero-order valence-electron chi connectivity index (χ0n) is 15.9. The number of aromatic nitrogens is 3. The van der Waals surface area contributed by atoms with Crippen molar-refractivity contribution < 1.29 is 9.52 Å². The number of piperazine rings is 1. The van der Waals surface area contributed by atoms with E-state index in [2.05, 4.69) is 19.8 Å². The van der Waals surface area contributed by atoms with Crippen molar-refractivity contribution in [3.05, 3.63) is 59.1 Å². The number of fused-ring (bicyclic) bond motifs is 2. The van der Waals surface area contributed by atoms with E-state index in [0.717, 1.165) is 43.0 Å². The Morgan fingerprint density at radius 2 is 1.79 bits per heavy atom. The highest BCUT2D eigenvalue weighted by Crippen LogP contribution is 2.25. The normalized spacial score (nSPS) is 14.8. The quantitative estimate of drug-likeness (QED) is 0.568. The molecule has 8 heteroatoms. The topological polar surface area (TPSA) is 87.6 Å². The van der Waals surface area contributed by atoms with Crippen molar-refractivity contribution >= 4 is 33.7 Å². The van der Waals surface area contributed by atoms with Crippen molar-refractivity contribution in [1.82, 2.24) is 14.5 Å². The second kappa shape index (κ2) is 7.21. The maximum atomic E-state index is 12.5. The molecule has 0 spiro atoms. The molecule has 0 bridgehead atoms. The molecule has 8 nitrogen and oxygen atoms in total. The molecule has 1 aliphatic rings. The summed E-state index contributed by atoms with van der Waals surface area (Å²) in [5.74, 6) is 0. The van der Waals surface area contributed by atoms with Crippen LogP contribution in [0.2, 0.25) is 0 Å². The summed E-state index contributed by atoms with van der Waals surface area (Å²) in [4.78, 5) is 25.9. The first kappa shape index (κ1) is 17.7. The van der Waals surface area contributed by atoms with Crippen molar-refractivity contribution in [2.75, 3.05) is 42.6 Å². The number of hydrogen-bond acceptors (Lipinski definition) is 7. The molecule has 0 atom stereocenters. The molecule has 0 saturated carbocycles. The number of rotatable bonds is 4. The Labute approximate surface area is 166 Å². The third-order valence-electron chi connectivity index (χ3n) is 5.35. The van der Waals surface area contributed by atoms with Gasteiger partial charge >= 0.3 is 0 Å². The number of oxazole rings is 1. The molecule has 0 radical (unpaired) electrons. The van der Waals surface area contributed by atoms with Gasteiger partial charge in [0.1, 0.15) is 5.52 Å². The molecule has 0 amide bonds. The van der Waals surface area contributed by atoms with Crippen LogP contribution in [0.4, 0.5) is 11.7 Å². The van der Waals surface area contributed by atoms with Gasteiger partial charge in [0.05, 0.1) is 30.4 Å². The summed E-state index contributed by atoms with van der Waals surface area (Å²) in [6, 6.07) is 14.2. The van der Waals surface area contributed by atoms with E-state index in [-0.39, 0.29) is 18.7 Å². The van der Waals surface area contributed by atoms with Gasteiger partial charge in [-0.2, -0.15) is 4.98 Å². The smallest absolute Gasteiger partial charge is 0.298 e. The maximum Gasteiger partial charge on any atom is 0.298 e. The molecule has 5 rings (SSSR count). The van der Waals surface area contributed by atoms with Crippen LogP contribution in [0.5, 0.6) is 0 Å². The standard InChI is InChI=1S/C21H21N5O3/c27-12-11-26-14-22-18-13-15(5-6-16(18)20(26)28)24-7-9-25(10-8-24)21-23-17-3-1-2-4-19(17)29-21/h1-6,13-14,27H,7-12H2. The van der Waals surface area contributed by atoms with Gasteiger partial charge in [-0.05, 0) is 30.3 Å². The third kappa shape index (κ3) is 3.21. The summed E-state index contributed by atoms with van der Waals surface area (Å²) in [5.41, 5.74) is 3.26. The monoisotopic (exact) mass is 391 g/mol. The molecule has 0 aliphatic carbocycles. The van der Waals surface area contributed by atoms with E-state index in [1.54, 1.807) is 0 Å². The fourth-order valence-electron chi connectivity index (χ4n) is 3.76. The Balaban J connectivity index is 1.34. The van der Waals surface area contributed by atoms with Crippen LogP contribution in [0.25, 0.3) is 22.0 Å². The summed E-state index contributed by atoms with van der Waals surface area (Å²) in [6.45, 7) is 3.42. The second-order valence-electron chi connectivity index (χ2n) is 7.11. The minimum absolute atomic E-state index is 0.0878. The Bertz CT molecular complexity index is 1190. The van der Waals surface area contributed by atoms with Gasteiger partial charge in [-0.3, -0.25) is 9.36 Å². The van der Waals surface area contributed by atoms with E-state index in [1.165, 1.54) is 10.9 Å². The zero-order valence-corrected chi connectivity index (χ0v) is 15.9. The van der Waals surface area contributed by atoms with Crippen LogP contribution in [0, 0.1) is 0 Å². The minimum Gasteiger partial charge on any atom is -0.423 e. The lowest BCUT2D eigenvalue weighted by molar-refractivity contribution is 0.274. The molecule has 2 aromatic carbocycles. The van der Waals surface area contributed by atoms with Crippen molar-refractivity contribution in [2.24, 2.45) is 0 Å². The summed E-state index contributed by atoms with van der Waals surface area (Å²) >= 11 is 0. The second-order valence-corrected chi connectivity index (χ2v) is 7.11. The molecule has 0 unspecified atom stereocenters. The molecule has 1 saturated heterocycles. The van der Waals surface area contributed by atoms with Crippen LogP contribution in [0.3, 0.4) is 0 Å². The highest BCUT2D eigenvalue weighted by molar-refractivity contribution is 5.81. The van der Waals surface area contributed by atoms with E-state index >= 15 is 0 Å². The number of nitrogens with zero attached hydrogens (tertiary/aromatic N) is 5. The van der Waals surface area contributed by atoms with Gasteiger partial charge in [0, 0.05) is 31.9 Å². The summed E-state index contributed by atoms with van der Waals surface area (Å²) in [7, 11) is 0. The Hall–Kier alpha value is -3.39. The minimum atomic E-state index is -0.128. The molecule has 2 aromatic heterocycles. The summed E-state index contributed by atoms with van der Waals surface area (Å²) < 4.78 is 7.31. The first-order valence-corrected chi connectivity index (χ1v) is 9.68. The highest BCUT2D eigenvalue weighted by Gasteiger charge is 2.21. The number of aliphatic hydroxyl groups is 1. The summed E-state index contributed by atoms with van der Waals surface area (Å²) in [5, 5.41) is 9.63. The van der Waals surface area contributed by atoms with Crippen LogP contribution in [-0.2, 0) is 6.54 Å². The largest absolute Gasteiger partial charge is 0.423 e. The third-order valence-corrected chi connectivity index (χ3v) is 5.35. The van der Waals surface area contributed by atoms with E-state index in [9.17, 15) is 4.79 Å². The number of hydrogen-bond donors (Lipinski definition) is 1. The first-order chi connectivity index (χ1) is 14.2. The number of aliphatic hydroxyl groups excluding tert-OH is 1. The van der Waals surface area contributed by atoms with Crippen molar-refractivity contribution in [2.45, 2.75) is 6.54 Å². The van der Waals surface area contributed by atoms with Crippen LogP contribution in [0.15, 0.2) is 58.0 Å². The first-order valence-electron chi connectivity index (χ1n) is 9.68. The van der Waals surface area contributed by atoms with Crippen LogP contribution in [0.1, 0.15) is 0 Å². The number of para-hydroxylation sites is 2. The fraction of sp³-hybridized carbons (Fsp3) is 0.286. The van der Waals surface area contributed by atoms with Gasteiger partial charge in [0.2, 0.25) is 0 Å². The Morgan fingerprint density at radius 1 is 1.00 bits per heavy atom. The zero-order chi connectivity index (χ0) is 19.8. The van der Waals surface area contributed by atoms with Crippen LogP contribution >= 0.6 is 0 Å². The molecular formula is C21H21N5O3. The SMILES string of the molecule is O=c1c2ccc(N3CCN(c4nc5ccccc5o4)CC3)cc2ncn1CCO. The van der Waals surface area contributed by atoms with Gasteiger partial charge in [-0.1, -0.05) is 12.1 Å². The fourth-order valence-corrected chi connectivity index (χ4v) is 3.76. The molecule has 4 aromatic rings. The molecule has 148 valence electrons. The number of benzene rings is 2. The van der Waals surface area contributed by atoms with Gasteiger partial charge in [0.25, 0.3) is 11.6 Å². The maximum absolute atomic E-state index is 12.5. The lowest BCUT2D eigenvalue weighted by atomic mass is 10.2. The van der Waals surface area contributed by atoms with E-state index < -0.39 is 0 Å². The molecule has 1 aliphatic heterocycles. The van der Waals surface area contributed by atoms with E-state index in [0.29, 0.717) is 16.9 Å². The predicted octanol–water partition coefficient (Wildman–Crippen LogP) is 1.86. The van der Waals surface area contributed by atoms with Gasteiger partial charge < -0.3 is 19.3 Å². The van der Waals surface area contributed by atoms with Crippen molar-refractivity contribution in [3.63, 3.8) is 0 Å². The lowest BCUT2D eigenvalue weighted by Crippen LogP contribution is -2.46. The molecular weight excluding hydrogens is 370 g/mol. The lowest BCUT2D eigenvalue weighted by Gasteiger charge is -2.35. The van der Waals surface area contributed by atoms with Crippen LogP contribution < -0.4 is 15.4 Å². The average Bonchev–Trinajstić information content (AvgIpc) is 3.20. The molecule has 3 heterocycles. The van der Waals surface area contributed by atoms with Crippen molar-refractivity contribution in [3.8, 4) is 0 Å². The molecule has 1 N–H and O–H groups in total. The Morgan fingerprint density at radius 3 is 2.59 bits per heavy atom. The molecule has 1 fully saturated rings. The van der Waals surface area contributed by atoms with Gasteiger partial charge in [0.15, 0.2) is 5.58 Å². The van der Waals surface area contributed by atoms with Crippen molar-refractivity contribution in [1.29, 1.82) is 0 Å². The highest BCUT2D eigenvalue weighted by atomic mass is 16.4. The van der Waals surface area contributed by atoms with E-state index in [1.807, 2.05) is 42.5 Å². The summed E-state index contributed by atoms with van der Waals surface area (Å²) in [6.07, 6.45) is 1.50. The predicted molar refractivity (Wildman–Crippen MR) is 112 cm³/mol.